The SMILES string of the molecule is CC1NCC(C(=O)NC2CCC(C)C(NC3NCCC(C4CCCNC4)N3)C2)S1. The minimum Gasteiger partial charge on any atom is -0.352 e. The summed E-state index contributed by atoms with van der Waals surface area (Å²) in [5.41, 5.74) is 0. The van der Waals surface area contributed by atoms with Gasteiger partial charge >= 0.3 is 0 Å². The lowest BCUT2D eigenvalue weighted by atomic mass is 9.82. The van der Waals surface area contributed by atoms with Gasteiger partial charge in [-0.25, -0.2) is 0 Å². The van der Waals surface area contributed by atoms with Crippen molar-refractivity contribution < 1.29 is 4.79 Å². The summed E-state index contributed by atoms with van der Waals surface area (Å²) in [6, 6.07) is 1.30. The smallest absolute Gasteiger partial charge is 0.234 e. The minimum absolute atomic E-state index is 0.0577. The summed E-state index contributed by atoms with van der Waals surface area (Å²) in [4.78, 5) is 12.6. The molecule has 4 rings (SSSR count). The first kappa shape index (κ1) is 21.8. The molecule has 166 valence electrons. The van der Waals surface area contributed by atoms with Gasteiger partial charge in [0.1, 0.15) is 6.29 Å². The van der Waals surface area contributed by atoms with E-state index >= 15 is 0 Å². The maximum Gasteiger partial charge on any atom is 0.234 e. The Hall–Kier alpha value is -0.380. The Kier molecular flexibility index (Phi) is 7.75. The molecule has 3 heterocycles. The van der Waals surface area contributed by atoms with Crippen molar-refractivity contribution in [3.05, 3.63) is 0 Å². The van der Waals surface area contributed by atoms with Crippen LogP contribution in [0.15, 0.2) is 0 Å². The number of hydrogen-bond acceptors (Lipinski definition) is 7. The Morgan fingerprint density at radius 1 is 1.03 bits per heavy atom. The van der Waals surface area contributed by atoms with Gasteiger partial charge in [0.25, 0.3) is 0 Å². The molecule has 1 aliphatic carbocycles. The van der Waals surface area contributed by atoms with Crippen molar-refractivity contribution in [2.24, 2.45) is 11.8 Å². The van der Waals surface area contributed by atoms with E-state index in [-0.39, 0.29) is 23.5 Å². The molecule has 3 saturated heterocycles. The van der Waals surface area contributed by atoms with Gasteiger partial charge < -0.3 is 16.0 Å². The monoisotopic (exact) mass is 424 g/mol. The highest BCUT2D eigenvalue weighted by Gasteiger charge is 2.35. The molecule has 0 aromatic carbocycles. The molecule has 1 saturated carbocycles. The van der Waals surface area contributed by atoms with Gasteiger partial charge in [-0.1, -0.05) is 6.92 Å². The molecule has 8 unspecified atom stereocenters. The molecule has 4 fully saturated rings. The van der Waals surface area contributed by atoms with E-state index in [4.69, 9.17) is 0 Å². The summed E-state index contributed by atoms with van der Waals surface area (Å²) in [6.45, 7) is 8.64. The van der Waals surface area contributed by atoms with Crippen molar-refractivity contribution in [3.63, 3.8) is 0 Å². The molecular formula is C21H40N6OS. The van der Waals surface area contributed by atoms with E-state index in [2.05, 4.69) is 45.7 Å². The van der Waals surface area contributed by atoms with E-state index in [0.717, 1.165) is 44.8 Å². The van der Waals surface area contributed by atoms with Crippen LogP contribution in [0, 0.1) is 11.8 Å². The van der Waals surface area contributed by atoms with E-state index in [9.17, 15) is 4.79 Å². The summed E-state index contributed by atoms with van der Waals surface area (Å²) in [6.07, 6.45) is 7.28. The second-order valence-corrected chi connectivity index (χ2v) is 11.0. The van der Waals surface area contributed by atoms with Crippen LogP contribution in [0.3, 0.4) is 0 Å². The zero-order chi connectivity index (χ0) is 20.2. The van der Waals surface area contributed by atoms with Gasteiger partial charge in [-0.2, -0.15) is 0 Å². The number of nitrogens with one attached hydrogen (secondary N) is 6. The normalized spacial score (nSPS) is 43.8. The third kappa shape index (κ3) is 5.86. The number of piperidine rings is 1. The first-order chi connectivity index (χ1) is 14.1. The summed E-state index contributed by atoms with van der Waals surface area (Å²) >= 11 is 1.74. The van der Waals surface area contributed by atoms with Crippen molar-refractivity contribution in [2.75, 3.05) is 26.2 Å². The molecule has 0 spiro atoms. The fraction of sp³-hybridized carbons (Fsp3) is 0.952. The van der Waals surface area contributed by atoms with Crippen LogP contribution >= 0.6 is 11.8 Å². The Balaban J connectivity index is 1.26. The van der Waals surface area contributed by atoms with Gasteiger partial charge in [0, 0.05) is 24.7 Å². The number of hydrogen-bond donors (Lipinski definition) is 6. The summed E-state index contributed by atoms with van der Waals surface area (Å²) in [5, 5.41) is 22.0. The molecule has 0 aromatic rings. The van der Waals surface area contributed by atoms with Crippen LogP contribution in [-0.4, -0.2) is 67.1 Å². The Morgan fingerprint density at radius 2 is 1.93 bits per heavy atom. The standard InChI is InChI=1S/C21H40N6OS/c1-13-5-6-16(25-20(28)19-12-24-14(2)29-19)10-18(13)27-21-23-9-7-17(26-21)15-4-3-8-22-11-15/h13-19,21-24,26-27H,3-12H2,1-2H3,(H,25,28). The second-order valence-electron chi connectivity index (χ2n) is 9.50. The molecule has 0 aromatic heterocycles. The highest BCUT2D eigenvalue weighted by atomic mass is 32.2. The largest absolute Gasteiger partial charge is 0.352 e. The zero-order valence-corrected chi connectivity index (χ0v) is 18.8. The molecule has 8 atom stereocenters. The Morgan fingerprint density at radius 3 is 2.69 bits per heavy atom. The second kappa shape index (κ2) is 10.3. The van der Waals surface area contributed by atoms with E-state index in [1.807, 2.05) is 0 Å². The van der Waals surface area contributed by atoms with Crippen molar-refractivity contribution in [1.29, 1.82) is 0 Å². The fourth-order valence-electron chi connectivity index (χ4n) is 5.40. The molecule has 1 amide bonds. The van der Waals surface area contributed by atoms with Gasteiger partial charge in [-0.15, -0.1) is 11.8 Å². The van der Waals surface area contributed by atoms with Crippen LogP contribution in [0.1, 0.15) is 52.4 Å². The quantitative estimate of drug-likeness (QED) is 0.384. The summed E-state index contributed by atoms with van der Waals surface area (Å²) < 4.78 is 0. The fourth-order valence-corrected chi connectivity index (χ4v) is 6.47. The first-order valence-electron chi connectivity index (χ1n) is 11.7. The molecule has 7 nitrogen and oxygen atoms in total. The summed E-state index contributed by atoms with van der Waals surface area (Å²) in [5.74, 6) is 1.58. The van der Waals surface area contributed by atoms with E-state index < -0.39 is 0 Å². The maximum absolute atomic E-state index is 12.6. The number of carbonyl (C=O) groups is 1. The van der Waals surface area contributed by atoms with Crippen LogP contribution < -0.4 is 31.9 Å². The number of carbonyl (C=O) groups excluding carboxylic acids is 1. The Labute approximate surface area is 180 Å². The van der Waals surface area contributed by atoms with Gasteiger partial charge in [0.15, 0.2) is 0 Å². The zero-order valence-electron chi connectivity index (χ0n) is 18.0. The average Bonchev–Trinajstić information content (AvgIpc) is 3.18. The molecule has 4 aliphatic rings. The lowest BCUT2D eigenvalue weighted by Gasteiger charge is -2.42. The van der Waals surface area contributed by atoms with Crippen LogP contribution in [0.5, 0.6) is 0 Å². The van der Waals surface area contributed by atoms with E-state index in [0.29, 0.717) is 23.4 Å². The third-order valence-electron chi connectivity index (χ3n) is 7.26. The molecule has 0 bridgehead atoms. The van der Waals surface area contributed by atoms with Crippen LogP contribution in [0.2, 0.25) is 0 Å². The maximum atomic E-state index is 12.6. The number of thioether (sulfide) groups is 1. The van der Waals surface area contributed by atoms with Crippen molar-refractivity contribution in [1.82, 2.24) is 31.9 Å². The van der Waals surface area contributed by atoms with Crippen molar-refractivity contribution in [2.45, 2.75) is 87.4 Å². The van der Waals surface area contributed by atoms with Gasteiger partial charge in [0.05, 0.1) is 10.6 Å². The predicted octanol–water partition coefficient (Wildman–Crippen LogP) is 0.535. The lowest BCUT2D eigenvalue weighted by molar-refractivity contribution is -0.121. The first-order valence-corrected chi connectivity index (χ1v) is 12.7. The van der Waals surface area contributed by atoms with E-state index in [1.165, 1.54) is 25.8 Å². The minimum atomic E-state index is 0.0577. The molecule has 0 radical (unpaired) electrons. The number of rotatable bonds is 5. The van der Waals surface area contributed by atoms with Gasteiger partial charge in [-0.05, 0) is 76.9 Å². The molecule has 29 heavy (non-hydrogen) atoms. The van der Waals surface area contributed by atoms with Gasteiger partial charge in [-0.3, -0.25) is 20.7 Å². The van der Waals surface area contributed by atoms with E-state index in [1.54, 1.807) is 11.8 Å². The van der Waals surface area contributed by atoms with Crippen molar-refractivity contribution in [3.8, 4) is 0 Å². The predicted molar refractivity (Wildman–Crippen MR) is 120 cm³/mol. The molecule has 6 N–H and O–H groups in total. The lowest BCUT2D eigenvalue weighted by Crippen LogP contribution is -2.66. The highest BCUT2D eigenvalue weighted by molar-refractivity contribution is 8.01. The third-order valence-corrected chi connectivity index (χ3v) is 8.55. The highest BCUT2D eigenvalue weighted by Crippen LogP contribution is 2.27. The summed E-state index contributed by atoms with van der Waals surface area (Å²) in [7, 11) is 0. The van der Waals surface area contributed by atoms with Crippen molar-refractivity contribution >= 4 is 17.7 Å². The molecule has 3 aliphatic heterocycles. The average molecular weight is 425 g/mol. The van der Waals surface area contributed by atoms with Crippen LogP contribution in [0.4, 0.5) is 0 Å². The number of amides is 1. The molecule has 8 heteroatoms. The van der Waals surface area contributed by atoms with Crippen LogP contribution in [0.25, 0.3) is 0 Å². The molecular weight excluding hydrogens is 384 g/mol. The van der Waals surface area contributed by atoms with Crippen LogP contribution in [-0.2, 0) is 4.79 Å². The van der Waals surface area contributed by atoms with Gasteiger partial charge in [0.2, 0.25) is 5.91 Å². The Bertz CT molecular complexity index is 545. The topological polar surface area (TPSA) is 89.2 Å².